The molecule has 8 nitrogen and oxygen atoms in total. The molecule has 0 aliphatic carbocycles. The van der Waals surface area contributed by atoms with Crippen LogP contribution in [-0.2, 0) is 11.2 Å². The fraction of sp³-hybridized carbons (Fsp3) is 0.176. The Balaban J connectivity index is 2.06. The molecular weight excluding hydrogens is 453 g/mol. The van der Waals surface area contributed by atoms with Gasteiger partial charge in [0.15, 0.2) is 11.5 Å². The lowest BCUT2D eigenvalue weighted by atomic mass is 10.1. The van der Waals surface area contributed by atoms with Crippen molar-refractivity contribution in [2.45, 2.75) is 6.42 Å². The van der Waals surface area contributed by atoms with Gasteiger partial charge in [-0.2, -0.15) is 5.10 Å². The molecule has 0 saturated heterocycles. The van der Waals surface area contributed by atoms with Crippen molar-refractivity contribution >= 4 is 40.4 Å². The van der Waals surface area contributed by atoms with E-state index in [1.165, 1.54) is 25.5 Å². The van der Waals surface area contributed by atoms with Gasteiger partial charge in [0.05, 0.1) is 35.3 Å². The van der Waals surface area contributed by atoms with Gasteiger partial charge in [-0.1, -0.05) is 18.2 Å². The molecule has 0 saturated carbocycles. The number of ether oxygens (including phenoxy) is 2. The largest absolute Gasteiger partial charge is 0.493 e. The lowest BCUT2D eigenvalue weighted by molar-refractivity contribution is -0.385. The first-order valence-corrected chi connectivity index (χ1v) is 8.49. The number of hydrogen-bond donors (Lipinski definition) is 1. The second-order valence-corrected chi connectivity index (χ2v) is 6.26. The summed E-state index contributed by atoms with van der Waals surface area (Å²) in [6.45, 7) is 0. The molecule has 2 aromatic rings. The fourth-order valence-electron chi connectivity index (χ4n) is 2.24. The standard InChI is InChI=1S/C17H16IN3O5/c1-25-15-8-11(7-13(18)17(15)26-2)10-19-20-16(22)9-12-5-3-4-6-14(12)21(23)24/h3-8,10H,9H2,1-2H3,(H,20,22). The number of halogens is 1. The average Bonchev–Trinajstić information content (AvgIpc) is 2.61. The molecule has 1 N–H and O–H groups in total. The van der Waals surface area contributed by atoms with Crippen molar-refractivity contribution in [3.8, 4) is 11.5 Å². The topological polar surface area (TPSA) is 103 Å². The highest BCUT2D eigenvalue weighted by atomic mass is 127. The Morgan fingerprint density at radius 1 is 1.31 bits per heavy atom. The highest BCUT2D eigenvalue weighted by Crippen LogP contribution is 2.33. The smallest absolute Gasteiger partial charge is 0.273 e. The summed E-state index contributed by atoms with van der Waals surface area (Å²) in [6, 6.07) is 9.63. The Labute approximate surface area is 163 Å². The quantitative estimate of drug-likeness (QED) is 0.291. The number of rotatable bonds is 7. The first-order valence-electron chi connectivity index (χ1n) is 7.42. The van der Waals surface area contributed by atoms with E-state index >= 15 is 0 Å². The second-order valence-electron chi connectivity index (χ2n) is 5.09. The zero-order valence-corrected chi connectivity index (χ0v) is 16.2. The number of nitro benzene ring substituents is 1. The Morgan fingerprint density at radius 2 is 2.04 bits per heavy atom. The van der Waals surface area contributed by atoms with Crippen molar-refractivity contribution in [1.29, 1.82) is 0 Å². The summed E-state index contributed by atoms with van der Waals surface area (Å²) in [5, 5.41) is 14.9. The molecule has 0 aliphatic heterocycles. The molecule has 0 atom stereocenters. The monoisotopic (exact) mass is 469 g/mol. The van der Waals surface area contributed by atoms with Crippen LogP contribution in [-0.4, -0.2) is 31.3 Å². The summed E-state index contributed by atoms with van der Waals surface area (Å²) >= 11 is 2.11. The van der Waals surface area contributed by atoms with E-state index in [2.05, 4.69) is 33.1 Å². The van der Waals surface area contributed by atoms with Gasteiger partial charge in [0.2, 0.25) is 5.91 Å². The predicted octanol–water partition coefficient (Wildman–Crippen LogP) is 2.91. The second kappa shape index (κ2) is 9.13. The first kappa shape index (κ1) is 19.6. The third-order valence-electron chi connectivity index (χ3n) is 3.40. The highest BCUT2D eigenvalue weighted by molar-refractivity contribution is 14.1. The molecule has 0 fully saturated rings. The maximum Gasteiger partial charge on any atom is 0.273 e. The number of methoxy groups -OCH3 is 2. The number of carbonyl (C=O) groups excluding carboxylic acids is 1. The lowest BCUT2D eigenvalue weighted by Crippen LogP contribution is -2.20. The minimum absolute atomic E-state index is 0.0962. The van der Waals surface area contributed by atoms with E-state index in [0.29, 0.717) is 22.6 Å². The number of hydrazone groups is 1. The van der Waals surface area contributed by atoms with Crippen molar-refractivity contribution in [3.63, 3.8) is 0 Å². The van der Waals surface area contributed by atoms with Gasteiger partial charge in [0.1, 0.15) is 0 Å². The molecule has 2 aromatic carbocycles. The van der Waals surface area contributed by atoms with E-state index in [1.54, 1.807) is 25.3 Å². The van der Waals surface area contributed by atoms with Gasteiger partial charge in [-0.15, -0.1) is 0 Å². The summed E-state index contributed by atoms with van der Waals surface area (Å²) in [5.74, 6) is 0.712. The number of nitrogens with zero attached hydrogens (tertiary/aromatic N) is 2. The molecule has 0 bridgehead atoms. The van der Waals surface area contributed by atoms with Gasteiger partial charge in [0, 0.05) is 11.6 Å². The minimum atomic E-state index is -0.516. The highest BCUT2D eigenvalue weighted by Gasteiger charge is 2.15. The lowest BCUT2D eigenvalue weighted by Gasteiger charge is -2.10. The molecule has 0 aliphatic rings. The molecule has 0 spiro atoms. The minimum Gasteiger partial charge on any atom is -0.493 e. The molecule has 0 radical (unpaired) electrons. The van der Waals surface area contributed by atoms with Crippen LogP contribution in [0, 0.1) is 13.7 Å². The Hall–Kier alpha value is -2.69. The number of benzene rings is 2. The third-order valence-corrected chi connectivity index (χ3v) is 4.20. The van der Waals surface area contributed by atoms with Crippen LogP contribution in [0.3, 0.4) is 0 Å². The van der Waals surface area contributed by atoms with Gasteiger partial charge in [-0.25, -0.2) is 5.43 Å². The van der Waals surface area contributed by atoms with E-state index < -0.39 is 10.8 Å². The van der Waals surface area contributed by atoms with E-state index in [1.807, 2.05) is 6.07 Å². The van der Waals surface area contributed by atoms with Crippen molar-refractivity contribution in [2.75, 3.05) is 14.2 Å². The van der Waals surface area contributed by atoms with E-state index in [9.17, 15) is 14.9 Å². The van der Waals surface area contributed by atoms with Crippen LogP contribution in [0.25, 0.3) is 0 Å². The molecule has 0 heterocycles. The molecular formula is C17H16IN3O5. The van der Waals surface area contributed by atoms with Gasteiger partial charge >= 0.3 is 0 Å². The zero-order valence-electron chi connectivity index (χ0n) is 14.1. The predicted molar refractivity (Wildman–Crippen MR) is 105 cm³/mol. The number of carbonyl (C=O) groups is 1. The van der Waals surface area contributed by atoms with Crippen LogP contribution >= 0.6 is 22.6 Å². The van der Waals surface area contributed by atoms with Gasteiger partial charge in [-0.3, -0.25) is 14.9 Å². The van der Waals surface area contributed by atoms with Crippen molar-refractivity contribution in [3.05, 3.63) is 61.2 Å². The van der Waals surface area contributed by atoms with Crippen LogP contribution in [0.5, 0.6) is 11.5 Å². The summed E-state index contributed by atoms with van der Waals surface area (Å²) in [6.07, 6.45) is 1.32. The third kappa shape index (κ3) is 4.91. The first-order chi connectivity index (χ1) is 12.5. The normalized spacial score (nSPS) is 10.6. The van der Waals surface area contributed by atoms with Crippen LogP contribution in [0.15, 0.2) is 41.5 Å². The fourth-order valence-corrected chi connectivity index (χ4v) is 3.09. The molecule has 0 aromatic heterocycles. The van der Waals surface area contributed by atoms with Crippen molar-refractivity contribution in [1.82, 2.24) is 5.43 Å². The number of para-hydroxylation sites is 1. The van der Waals surface area contributed by atoms with Gasteiger partial charge in [-0.05, 0) is 40.3 Å². The molecule has 2 rings (SSSR count). The van der Waals surface area contributed by atoms with Crippen LogP contribution in [0.4, 0.5) is 5.69 Å². The van der Waals surface area contributed by atoms with Crippen LogP contribution in [0.1, 0.15) is 11.1 Å². The zero-order chi connectivity index (χ0) is 19.1. The summed E-state index contributed by atoms with van der Waals surface area (Å²) in [4.78, 5) is 22.4. The molecule has 0 unspecified atom stereocenters. The number of hydrogen-bond acceptors (Lipinski definition) is 6. The summed E-state index contributed by atoms with van der Waals surface area (Å²) in [5.41, 5.74) is 3.30. The number of nitro groups is 1. The maximum atomic E-state index is 12.0. The van der Waals surface area contributed by atoms with Crippen molar-refractivity contribution < 1.29 is 19.2 Å². The molecule has 136 valence electrons. The summed E-state index contributed by atoms with van der Waals surface area (Å²) < 4.78 is 11.3. The molecule has 9 heteroatoms. The Bertz CT molecular complexity index is 854. The summed E-state index contributed by atoms with van der Waals surface area (Å²) in [7, 11) is 3.08. The average molecular weight is 469 g/mol. The van der Waals surface area contributed by atoms with Crippen molar-refractivity contribution in [2.24, 2.45) is 5.10 Å². The van der Waals surface area contributed by atoms with E-state index in [-0.39, 0.29) is 12.1 Å². The Morgan fingerprint density at radius 3 is 2.69 bits per heavy atom. The number of amides is 1. The van der Waals surface area contributed by atoms with Crippen LogP contribution in [0.2, 0.25) is 0 Å². The SMILES string of the molecule is COc1cc(C=NNC(=O)Cc2ccccc2[N+](=O)[O-])cc(I)c1OC. The van der Waals surface area contributed by atoms with E-state index in [4.69, 9.17) is 9.47 Å². The maximum absolute atomic E-state index is 12.0. The van der Waals surface area contributed by atoms with Crippen LogP contribution < -0.4 is 14.9 Å². The Kier molecular flexibility index (Phi) is 6.89. The van der Waals surface area contributed by atoms with Gasteiger partial charge in [0.25, 0.3) is 5.69 Å². The molecule has 26 heavy (non-hydrogen) atoms. The number of nitrogens with one attached hydrogen (secondary N) is 1. The molecule has 1 amide bonds. The van der Waals surface area contributed by atoms with Gasteiger partial charge < -0.3 is 9.47 Å². The van der Waals surface area contributed by atoms with E-state index in [0.717, 1.165) is 3.57 Å².